The molecule has 0 saturated carbocycles. The Balaban J connectivity index is 2.99. The number of nitrogens with one attached hydrogen (secondary N) is 1. The van der Waals surface area contributed by atoms with Gasteiger partial charge in [0.25, 0.3) is 11.6 Å². The van der Waals surface area contributed by atoms with E-state index in [4.69, 9.17) is 16.7 Å². The van der Waals surface area contributed by atoms with Crippen LogP contribution in [0.1, 0.15) is 30.6 Å². The minimum atomic E-state index is -1.04. The standard InChI is InChI=1S/C13H15ClN2O5/c1-7(2)11(6-12(17)18)15-13(19)9-5-8(16(20)21)3-4-10(9)14/h3-5,7,11H,6H2,1-2H3,(H,15,19)(H,17,18). The van der Waals surface area contributed by atoms with Crippen molar-refractivity contribution in [2.24, 2.45) is 5.92 Å². The number of carboxylic acid groups (broad SMARTS) is 1. The maximum absolute atomic E-state index is 12.1. The smallest absolute Gasteiger partial charge is 0.305 e. The van der Waals surface area contributed by atoms with Gasteiger partial charge in [0, 0.05) is 18.2 Å². The lowest BCUT2D eigenvalue weighted by Gasteiger charge is -2.20. The zero-order valence-corrected chi connectivity index (χ0v) is 12.3. The van der Waals surface area contributed by atoms with E-state index in [1.54, 1.807) is 13.8 Å². The van der Waals surface area contributed by atoms with Crippen LogP contribution in [0.15, 0.2) is 18.2 Å². The Kier molecular flexibility index (Phi) is 5.66. The quantitative estimate of drug-likeness (QED) is 0.619. The highest BCUT2D eigenvalue weighted by atomic mass is 35.5. The molecule has 1 aromatic carbocycles. The van der Waals surface area contributed by atoms with E-state index < -0.39 is 22.8 Å². The third-order valence-corrected chi connectivity index (χ3v) is 3.25. The summed E-state index contributed by atoms with van der Waals surface area (Å²) >= 11 is 5.86. The van der Waals surface area contributed by atoms with Crippen molar-refractivity contribution >= 4 is 29.2 Å². The Labute approximate surface area is 126 Å². The first-order chi connectivity index (χ1) is 9.72. The van der Waals surface area contributed by atoms with E-state index in [0.29, 0.717) is 0 Å². The number of rotatable bonds is 6. The van der Waals surface area contributed by atoms with Crippen molar-refractivity contribution in [1.82, 2.24) is 5.32 Å². The van der Waals surface area contributed by atoms with Crippen molar-refractivity contribution < 1.29 is 19.6 Å². The summed E-state index contributed by atoms with van der Waals surface area (Å²) in [5.41, 5.74) is -0.314. The van der Waals surface area contributed by atoms with Gasteiger partial charge >= 0.3 is 5.97 Å². The van der Waals surface area contributed by atoms with E-state index in [-0.39, 0.29) is 28.6 Å². The van der Waals surface area contributed by atoms with Crippen LogP contribution in [-0.4, -0.2) is 27.9 Å². The second kappa shape index (κ2) is 7.03. The third kappa shape index (κ3) is 4.71. The number of benzene rings is 1. The fourth-order valence-corrected chi connectivity index (χ4v) is 1.89. The van der Waals surface area contributed by atoms with Crippen LogP contribution in [0.5, 0.6) is 0 Å². The molecule has 7 nitrogen and oxygen atoms in total. The van der Waals surface area contributed by atoms with Gasteiger partial charge < -0.3 is 10.4 Å². The molecule has 1 amide bonds. The average Bonchev–Trinajstić information content (AvgIpc) is 2.37. The number of nitrogens with zero attached hydrogens (tertiary/aromatic N) is 1. The summed E-state index contributed by atoms with van der Waals surface area (Å²) in [4.78, 5) is 33.0. The van der Waals surface area contributed by atoms with Crippen molar-refractivity contribution in [3.63, 3.8) is 0 Å². The Hall–Kier alpha value is -2.15. The summed E-state index contributed by atoms with van der Waals surface area (Å²) in [6.07, 6.45) is -0.240. The first-order valence-corrected chi connectivity index (χ1v) is 6.56. The monoisotopic (exact) mass is 314 g/mol. The number of carboxylic acids is 1. The highest BCUT2D eigenvalue weighted by Crippen LogP contribution is 2.22. The molecular formula is C13H15ClN2O5. The lowest BCUT2D eigenvalue weighted by Crippen LogP contribution is -2.40. The molecular weight excluding hydrogens is 300 g/mol. The fourth-order valence-electron chi connectivity index (χ4n) is 1.69. The fraction of sp³-hybridized carbons (Fsp3) is 0.385. The van der Waals surface area contributed by atoms with Crippen molar-refractivity contribution in [1.29, 1.82) is 0 Å². The van der Waals surface area contributed by atoms with Gasteiger partial charge in [0.2, 0.25) is 0 Å². The number of hydrogen-bond donors (Lipinski definition) is 2. The highest BCUT2D eigenvalue weighted by Gasteiger charge is 2.22. The Bertz CT molecular complexity index is 574. The minimum Gasteiger partial charge on any atom is -0.481 e. The zero-order chi connectivity index (χ0) is 16.2. The van der Waals surface area contributed by atoms with Crippen molar-refractivity contribution in [2.45, 2.75) is 26.3 Å². The lowest BCUT2D eigenvalue weighted by atomic mass is 10.0. The predicted molar refractivity (Wildman–Crippen MR) is 76.5 cm³/mol. The van der Waals surface area contributed by atoms with Gasteiger partial charge in [-0.3, -0.25) is 19.7 Å². The number of halogens is 1. The molecule has 21 heavy (non-hydrogen) atoms. The molecule has 1 atom stereocenters. The van der Waals surface area contributed by atoms with Gasteiger partial charge in [-0.05, 0) is 12.0 Å². The third-order valence-electron chi connectivity index (χ3n) is 2.92. The number of carbonyl (C=O) groups is 2. The maximum Gasteiger partial charge on any atom is 0.305 e. The molecule has 0 radical (unpaired) electrons. The van der Waals surface area contributed by atoms with Gasteiger partial charge in [-0.1, -0.05) is 25.4 Å². The summed E-state index contributed by atoms with van der Waals surface area (Å²) in [5, 5.41) is 22.1. The summed E-state index contributed by atoms with van der Waals surface area (Å²) < 4.78 is 0. The second-order valence-electron chi connectivity index (χ2n) is 4.84. The van der Waals surface area contributed by atoms with Gasteiger partial charge in [-0.15, -0.1) is 0 Å². The van der Waals surface area contributed by atoms with E-state index in [2.05, 4.69) is 5.32 Å². The predicted octanol–water partition coefficient (Wildman–Crippen LogP) is 2.48. The number of nitro groups is 1. The first kappa shape index (κ1) is 16.9. The number of carbonyl (C=O) groups excluding carboxylic acids is 1. The van der Waals surface area contributed by atoms with Crippen LogP contribution in [-0.2, 0) is 4.79 Å². The molecule has 0 aliphatic rings. The van der Waals surface area contributed by atoms with Gasteiger partial charge in [-0.2, -0.15) is 0 Å². The molecule has 1 rings (SSSR count). The first-order valence-electron chi connectivity index (χ1n) is 6.19. The summed E-state index contributed by atoms with van der Waals surface area (Å²) in [5.74, 6) is -1.79. The summed E-state index contributed by atoms with van der Waals surface area (Å²) in [6, 6.07) is 2.92. The molecule has 0 fully saturated rings. The molecule has 0 aliphatic heterocycles. The number of non-ortho nitro benzene ring substituents is 1. The SMILES string of the molecule is CC(C)C(CC(=O)O)NC(=O)c1cc([N+](=O)[O-])ccc1Cl. The zero-order valence-electron chi connectivity index (χ0n) is 11.5. The second-order valence-corrected chi connectivity index (χ2v) is 5.25. The number of amides is 1. The minimum absolute atomic E-state index is 0.0538. The molecule has 2 N–H and O–H groups in total. The van der Waals surface area contributed by atoms with Crippen molar-refractivity contribution in [3.8, 4) is 0 Å². The Morgan fingerprint density at radius 2 is 2.05 bits per heavy atom. The molecule has 0 saturated heterocycles. The van der Waals surface area contributed by atoms with E-state index in [9.17, 15) is 19.7 Å². The van der Waals surface area contributed by atoms with Crippen LogP contribution in [0, 0.1) is 16.0 Å². The highest BCUT2D eigenvalue weighted by molar-refractivity contribution is 6.34. The molecule has 0 bridgehead atoms. The van der Waals surface area contributed by atoms with Crippen LogP contribution < -0.4 is 5.32 Å². The van der Waals surface area contributed by atoms with Crippen LogP contribution in [0.4, 0.5) is 5.69 Å². The summed E-state index contributed by atoms with van der Waals surface area (Å²) in [6.45, 7) is 3.53. The van der Waals surface area contributed by atoms with E-state index in [1.807, 2.05) is 0 Å². The average molecular weight is 315 g/mol. The Morgan fingerprint density at radius 3 is 2.52 bits per heavy atom. The summed E-state index contributed by atoms with van der Waals surface area (Å²) in [7, 11) is 0. The van der Waals surface area contributed by atoms with Crippen LogP contribution in [0.2, 0.25) is 5.02 Å². The van der Waals surface area contributed by atoms with Crippen LogP contribution in [0.25, 0.3) is 0 Å². The molecule has 0 aliphatic carbocycles. The largest absolute Gasteiger partial charge is 0.481 e. The molecule has 0 aromatic heterocycles. The van der Waals surface area contributed by atoms with Gasteiger partial charge in [0.15, 0.2) is 0 Å². The molecule has 0 heterocycles. The van der Waals surface area contributed by atoms with Gasteiger partial charge in [0.1, 0.15) is 0 Å². The van der Waals surface area contributed by atoms with E-state index in [1.165, 1.54) is 12.1 Å². The van der Waals surface area contributed by atoms with Crippen LogP contribution in [0.3, 0.4) is 0 Å². The molecule has 114 valence electrons. The molecule has 1 unspecified atom stereocenters. The lowest BCUT2D eigenvalue weighted by molar-refractivity contribution is -0.384. The topological polar surface area (TPSA) is 110 Å². The molecule has 0 spiro atoms. The Morgan fingerprint density at radius 1 is 1.43 bits per heavy atom. The number of nitro benzene ring substituents is 1. The van der Waals surface area contributed by atoms with Gasteiger partial charge in [-0.25, -0.2) is 0 Å². The van der Waals surface area contributed by atoms with E-state index >= 15 is 0 Å². The number of hydrogen-bond acceptors (Lipinski definition) is 4. The van der Waals surface area contributed by atoms with E-state index in [0.717, 1.165) is 6.07 Å². The normalized spacial score (nSPS) is 12.0. The molecule has 1 aromatic rings. The van der Waals surface area contributed by atoms with Crippen LogP contribution >= 0.6 is 11.6 Å². The maximum atomic E-state index is 12.1. The van der Waals surface area contributed by atoms with Crippen molar-refractivity contribution in [2.75, 3.05) is 0 Å². The molecule has 8 heteroatoms. The number of aliphatic carboxylic acids is 1. The van der Waals surface area contributed by atoms with Crippen molar-refractivity contribution in [3.05, 3.63) is 38.9 Å². The van der Waals surface area contributed by atoms with Gasteiger partial charge in [0.05, 0.1) is 21.9 Å².